The highest BCUT2D eigenvalue weighted by Gasteiger charge is 2.36. The molecular formula is C22H27NO3. The number of benzene rings is 1. The van der Waals surface area contributed by atoms with E-state index in [-0.39, 0.29) is 5.91 Å². The predicted octanol–water partition coefficient (Wildman–Crippen LogP) is 4.50. The molecule has 1 aliphatic carbocycles. The number of aryl methyl sites for hydroxylation is 1. The van der Waals surface area contributed by atoms with Gasteiger partial charge in [0.1, 0.15) is 11.5 Å². The highest BCUT2D eigenvalue weighted by molar-refractivity contribution is 5.77. The highest BCUT2D eigenvalue weighted by atomic mass is 16.5. The molecule has 0 N–H and O–H groups in total. The van der Waals surface area contributed by atoms with E-state index >= 15 is 0 Å². The average Bonchev–Trinajstić information content (AvgIpc) is 3.12. The van der Waals surface area contributed by atoms with Gasteiger partial charge in [-0.3, -0.25) is 4.79 Å². The molecule has 1 aromatic carbocycles. The number of rotatable bonds is 6. The maximum Gasteiger partial charge on any atom is 0.223 e. The van der Waals surface area contributed by atoms with Crippen molar-refractivity contribution in [1.29, 1.82) is 0 Å². The average molecular weight is 353 g/mol. The van der Waals surface area contributed by atoms with Crippen molar-refractivity contribution in [1.82, 2.24) is 4.90 Å². The molecule has 1 aliphatic heterocycles. The van der Waals surface area contributed by atoms with Gasteiger partial charge in [-0.1, -0.05) is 12.1 Å². The largest absolute Gasteiger partial charge is 0.496 e. The van der Waals surface area contributed by atoms with Crippen LogP contribution in [0.4, 0.5) is 0 Å². The van der Waals surface area contributed by atoms with Gasteiger partial charge in [-0.15, -0.1) is 0 Å². The number of furan rings is 1. The van der Waals surface area contributed by atoms with Gasteiger partial charge in [0.25, 0.3) is 0 Å². The molecule has 4 nitrogen and oxygen atoms in total. The number of carbonyl (C=O) groups is 1. The third-order valence-electron chi connectivity index (χ3n) is 5.92. The van der Waals surface area contributed by atoms with Gasteiger partial charge < -0.3 is 14.1 Å². The van der Waals surface area contributed by atoms with Crippen molar-refractivity contribution in [2.45, 2.75) is 44.4 Å². The minimum Gasteiger partial charge on any atom is -0.496 e. The van der Waals surface area contributed by atoms with Crippen LogP contribution in [0.5, 0.6) is 5.75 Å². The fraction of sp³-hybridized carbons (Fsp3) is 0.500. The number of methoxy groups -OCH3 is 1. The molecule has 2 unspecified atom stereocenters. The van der Waals surface area contributed by atoms with E-state index < -0.39 is 0 Å². The van der Waals surface area contributed by atoms with Gasteiger partial charge in [0.2, 0.25) is 5.91 Å². The standard InChI is InChI=1S/C22H27NO3/c1-15-12-17(7-8-20(15)25-2)19(16-5-6-16)13-22(24)23-10-9-18(14-23)21-4-3-11-26-21/h3-4,7-8,11-12,16,18-19H,5-6,9-10,13-14H2,1-2H3. The van der Waals surface area contributed by atoms with Crippen molar-refractivity contribution in [2.75, 3.05) is 20.2 Å². The molecule has 2 atom stereocenters. The van der Waals surface area contributed by atoms with E-state index in [4.69, 9.17) is 9.15 Å². The number of likely N-dealkylation sites (tertiary alicyclic amines) is 1. The topological polar surface area (TPSA) is 42.7 Å². The molecule has 138 valence electrons. The lowest BCUT2D eigenvalue weighted by atomic mass is 9.89. The first-order valence-corrected chi connectivity index (χ1v) is 9.61. The number of nitrogens with zero attached hydrogens (tertiary/aromatic N) is 1. The molecule has 4 heteroatoms. The zero-order chi connectivity index (χ0) is 18.1. The summed E-state index contributed by atoms with van der Waals surface area (Å²) < 4.78 is 10.9. The molecule has 1 saturated carbocycles. The molecule has 0 radical (unpaired) electrons. The van der Waals surface area contributed by atoms with E-state index in [1.54, 1.807) is 13.4 Å². The highest BCUT2D eigenvalue weighted by Crippen LogP contribution is 2.45. The summed E-state index contributed by atoms with van der Waals surface area (Å²) in [6.45, 7) is 3.69. The molecular weight excluding hydrogens is 326 g/mol. The van der Waals surface area contributed by atoms with E-state index in [1.807, 2.05) is 23.1 Å². The molecule has 2 fully saturated rings. The second kappa shape index (κ2) is 7.18. The summed E-state index contributed by atoms with van der Waals surface area (Å²) in [5.41, 5.74) is 2.42. The van der Waals surface area contributed by atoms with Crippen LogP contribution in [-0.4, -0.2) is 31.0 Å². The Bertz CT molecular complexity index is 764. The van der Waals surface area contributed by atoms with Crippen LogP contribution < -0.4 is 4.74 Å². The Morgan fingerprint density at radius 1 is 1.31 bits per heavy atom. The van der Waals surface area contributed by atoms with E-state index in [0.717, 1.165) is 36.6 Å². The smallest absolute Gasteiger partial charge is 0.223 e. The van der Waals surface area contributed by atoms with Gasteiger partial charge >= 0.3 is 0 Å². The summed E-state index contributed by atoms with van der Waals surface area (Å²) in [6.07, 6.45) is 5.79. The predicted molar refractivity (Wildman–Crippen MR) is 100 cm³/mol. The van der Waals surface area contributed by atoms with E-state index in [0.29, 0.717) is 24.2 Å². The van der Waals surface area contributed by atoms with E-state index in [1.165, 1.54) is 18.4 Å². The van der Waals surface area contributed by atoms with Gasteiger partial charge in [0, 0.05) is 25.4 Å². The van der Waals surface area contributed by atoms with E-state index in [2.05, 4.69) is 19.1 Å². The quantitative estimate of drug-likeness (QED) is 0.768. The maximum absolute atomic E-state index is 13.0. The van der Waals surface area contributed by atoms with Crippen molar-refractivity contribution < 1.29 is 13.9 Å². The Morgan fingerprint density at radius 2 is 2.15 bits per heavy atom. The van der Waals surface area contributed by atoms with Crippen molar-refractivity contribution in [3.8, 4) is 5.75 Å². The molecule has 1 amide bonds. The number of carbonyl (C=O) groups excluding carboxylic acids is 1. The zero-order valence-corrected chi connectivity index (χ0v) is 15.6. The van der Waals surface area contributed by atoms with Gasteiger partial charge in [0.05, 0.1) is 13.4 Å². The van der Waals surface area contributed by atoms with Gasteiger partial charge in [-0.2, -0.15) is 0 Å². The van der Waals surface area contributed by atoms with Crippen molar-refractivity contribution in [3.63, 3.8) is 0 Å². The minimum atomic E-state index is 0.282. The summed E-state index contributed by atoms with van der Waals surface area (Å²) >= 11 is 0. The Hall–Kier alpha value is -2.23. The van der Waals surface area contributed by atoms with Gasteiger partial charge in [-0.05, 0) is 67.3 Å². The normalized spacial score (nSPS) is 21.0. The van der Waals surface area contributed by atoms with Gasteiger partial charge in [-0.25, -0.2) is 0 Å². The fourth-order valence-electron chi connectivity index (χ4n) is 4.25. The third-order valence-corrected chi connectivity index (χ3v) is 5.92. The molecule has 2 aromatic rings. The Morgan fingerprint density at radius 3 is 2.81 bits per heavy atom. The third kappa shape index (κ3) is 3.50. The Balaban J connectivity index is 1.44. The first kappa shape index (κ1) is 17.2. The summed E-state index contributed by atoms with van der Waals surface area (Å²) in [5, 5.41) is 0. The summed E-state index contributed by atoms with van der Waals surface area (Å²) in [5.74, 6) is 3.52. The first-order chi connectivity index (χ1) is 12.7. The number of amides is 1. The van der Waals surface area contributed by atoms with Crippen LogP contribution in [0.15, 0.2) is 41.0 Å². The molecule has 0 bridgehead atoms. The van der Waals surface area contributed by atoms with E-state index in [9.17, 15) is 4.79 Å². The lowest BCUT2D eigenvalue weighted by Crippen LogP contribution is -2.30. The first-order valence-electron chi connectivity index (χ1n) is 9.61. The van der Waals surface area contributed by atoms with Crippen LogP contribution in [0.1, 0.15) is 54.4 Å². The molecule has 2 aliphatic rings. The summed E-state index contributed by atoms with van der Waals surface area (Å²) in [7, 11) is 1.70. The van der Waals surface area contributed by atoms with Crippen LogP contribution >= 0.6 is 0 Å². The maximum atomic E-state index is 13.0. The van der Waals surface area contributed by atoms with Crippen LogP contribution in [-0.2, 0) is 4.79 Å². The Kier molecular flexibility index (Phi) is 4.75. The number of hydrogen-bond acceptors (Lipinski definition) is 3. The SMILES string of the molecule is COc1ccc(C(CC(=O)N2CCC(c3ccco3)C2)C2CC2)cc1C. The molecule has 4 rings (SSSR count). The van der Waals surface area contributed by atoms with Crippen LogP contribution in [0.3, 0.4) is 0 Å². The molecule has 1 saturated heterocycles. The van der Waals surface area contributed by atoms with Crippen molar-refractivity contribution >= 4 is 5.91 Å². The number of ether oxygens (including phenoxy) is 1. The van der Waals surface area contributed by atoms with Crippen molar-refractivity contribution in [2.24, 2.45) is 5.92 Å². The molecule has 1 aromatic heterocycles. The van der Waals surface area contributed by atoms with Crippen molar-refractivity contribution in [3.05, 3.63) is 53.5 Å². The Labute approximate surface area is 155 Å². The molecule has 26 heavy (non-hydrogen) atoms. The second-order valence-electron chi connectivity index (χ2n) is 7.72. The molecule has 2 heterocycles. The minimum absolute atomic E-state index is 0.282. The molecule has 0 spiro atoms. The van der Waals surface area contributed by atoms with Gasteiger partial charge in [0.15, 0.2) is 0 Å². The lowest BCUT2D eigenvalue weighted by Gasteiger charge is -2.22. The van der Waals surface area contributed by atoms with Crippen LogP contribution in [0, 0.1) is 12.8 Å². The lowest BCUT2D eigenvalue weighted by molar-refractivity contribution is -0.130. The fourth-order valence-corrected chi connectivity index (χ4v) is 4.25. The second-order valence-corrected chi connectivity index (χ2v) is 7.72. The van der Waals surface area contributed by atoms with Crippen LogP contribution in [0.2, 0.25) is 0 Å². The van der Waals surface area contributed by atoms with Crippen LogP contribution in [0.25, 0.3) is 0 Å². The number of hydrogen-bond donors (Lipinski definition) is 0. The summed E-state index contributed by atoms with van der Waals surface area (Å²) in [4.78, 5) is 15.0. The monoisotopic (exact) mass is 353 g/mol. The zero-order valence-electron chi connectivity index (χ0n) is 15.6. The summed E-state index contributed by atoms with van der Waals surface area (Å²) in [6, 6.07) is 10.3.